The minimum Gasteiger partial charge on any atom is -0.484 e. The van der Waals surface area contributed by atoms with Crippen LogP contribution >= 0.6 is 0 Å². The largest absolute Gasteiger partial charge is 0.484 e. The van der Waals surface area contributed by atoms with Gasteiger partial charge in [-0.1, -0.05) is 18.2 Å². The molecule has 2 aromatic carbocycles. The van der Waals surface area contributed by atoms with Gasteiger partial charge in [0.05, 0.1) is 12.7 Å². The fraction of sp³-hybridized carbons (Fsp3) is 0.190. The zero-order chi connectivity index (χ0) is 19.8. The molecule has 0 saturated carbocycles. The molecule has 0 aliphatic heterocycles. The number of esters is 1. The Bertz CT molecular complexity index is 836. The second-order valence-electron chi connectivity index (χ2n) is 5.91. The quantitative estimate of drug-likeness (QED) is 0.427. The van der Waals surface area contributed by atoms with Crippen LogP contribution in [0.3, 0.4) is 0 Å². The van der Waals surface area contributed by atoms with Gasteiger partial charge in [0.1, 0.15) is 5.75 Å². The highest BCUT2D eigenvalue weighted by atomic mass is 16.5. The Labute approximate surface area is 158 Å². The zero-order valence-corrected chi connectivity index (χ0v) is 15.5. The summed E-state index contributed by atoms with van der Waals surface area (Å²) in [6.45, 7) is -0.0538. The Balaban J connectivity index is 1.96. The number of likely N-dealkylation sites (N-methyl/N-ethyl adjacent to an activating group) is 1. The lowest BCUT2D eigenvalue weighted by atomic mass is 10.1. The molecule has 140 valence electrons. The standard InChI is InChI=1S/C21H21NO5/c1-22(2)20(24)14-27-18-11-9-16(10-12-18)19(23)13-6-15-4-7-17(8-5-15)21(25)26-3/h4-13H,14H2,1-3H3. The predicted octanol–water partition coefficient (Wildman–Crippen LogP) is 2.84. The lowest BCUT2D eigenvalue weighted by molar-refractivity contribution is -0.130. The van der Waals surface area contributed by atoms with Gasteiger partial charge >= 0.3 is 5.97 Å². The third kappa shape index (κ3) is 5.81. The molecule has 0 radical (unpaired) electrons. The first-order valence-corrected chi connectivity index (χ1v) is 8.24. The lowest BCUT2D eigenvalue weighted by Gasteiger charge is -2.11. The number of hydrogen-bond acceptors (Lipinski definition) is 5. The summed E-state index contributed by atoms with van der Waals surface area (Å²) in [6, 6.07) is 13.3. The first-order chi connectivity index (χ1) is 12.9. The van der Waals surface area contributed by atoms with Crippen molar-refractivity contribution < 1.29 is 23.9 Å². The summed E-state index contributed by atoms with van der Waals surface area (Å²) in [5.74, 6) is -0.195. The van der Waals surface area contributed by atoms with E-state index < -0.39 is 5.97 Å². The number of hydrogen-bond donors (Lipinski definition) is 0. The molecule has 6 heteroatoms. The van der Waals surface area contributed by atoms with Gasteiger partial charge in [0.15, 0.2) is 12.4 Å². The molecule has 2 rings (SSSR count). The Morgan fingerprint density at radius 3 is 2.07 bits per heavy atom. The fourth-order valence-corrected chi connectivity index (χ4v) is 2.11. The summed E-state index contributed by atoms with van der Waals surface area (Å²) in [5, 5.41) is 0. The van der Waals surface area contributed by atoms with Gasteiger partial charge in [0.2, 0.25) is 0 Å². The van der Waals surface area contributed by atoms with Crippen molar-refractivity contribution in [3.63, 3.8) is 0 Å². The van der Waals surface area contributed by atoms with Crippen LogP contribution in [0.2, 0.25) is 0 Å². The van der Waals surface area contributed by atoms with E-state index in [0.29, 0.717) is 16.9 Å². The SMILES string of the molecule is COC(=O)c1ccc(C=CC(=O)c2ccc(OCC(=O)N(C)C)cc2)cc1. The molecule has 0 saturated heterocycles. The minimum atomic E-state index is -0.406. The highest BCUT2D eigenvalue weighted by molar-refractivity contribution is 6.06. The first-order valence-electron chi connectivity index (χ1n) is 8.24. The van der Waals surface area contributed by atoms with Crippen molar-refractivity contribution in [2.24, 2.45) is 0 Å². The number of benzene rings is 2. The second-order valence-corrected chi connectivity index (χ2v) is 5.91. The monoisotopic (exact) mass is 367 g/mol. The third-order valence-corrected chi connectivity index (χ3v) is 3.76. The highest BCUT2D eigenvalue weighted by Gasteiger charge is 2.07. The Kier molecular flexibility index (Phi) is 6.88. The number of ketones is 1. The smallest absolute Gasteiger partial charge is 0.337 e. The molecule has 2 aromatic rings. The summed E-state index contributed by atoms with van der Waals surface area (Å²) < 4.78 is 10.0. The molecule has 0 unspecified atom stereocenters. The molecule has 0 aliphatic rings. The topological polar surface area (TPSA) is 72.9 Å². The van der Waals surface area contributed by atoms with Crippen LogP contribution in [0.4, 0.5) is 0 Å². The van der Waals surface area contributed by atoms with Gasteiger partial charge in [-0.3, -0.25) is 9.59 Å². The first kappa shape index (κ1) is 19.9. The maximum Gasteiger partial charge on any atom is 0.337 e. The van der Waals surface area contributed by atoms with Gasteiger partial charge in [-0.05, 0) is 48.0 Å². The van der Waals surface area contributed by atoms with Crippen LogP contribution < -0.4 is 4.74 Å². The highest BCUT2D eigenvalue weighted by Crippen LogP contribution is 2.14. The molecular formula is C21H21NO5. The number of amides is 1. The van der Waals surface area contributed by atoms with Crippen LogP contribution in [-0.4, -0.2) is 50.4 Å². The summed E-state index contributed by atoms with van der Waals surface area (Å²) in [6.07, 6.45) is 3.13. The van der Waals surface area contributed by atoms with Crippen molar-refractivity contribution in [3.8, 4) is 5.75 Å². The van der Waals surface area contributed by atoms with E-state index in [1.54, 1.807) is 68.7 Å². The number of allylic oxidation sites excluding steroid dienone is 1. The average molecular weight is 367 g/mol. The average Bonchev–Trinajstić information content (AvgIpc) is 2.70. The van der Waals surface area contributed by atoms with E-state index in [2.05, 4.69) is 4.74 Å². The van der Waals surface area contributed by atoms with E-state index in [0.717, 1.165) is 5.56 Å². The maximum absolute atomic E-state index is 12.2. The zero-order valence-electron chi connectivity index (χ0n) is 15.5. The third-order valence-electron chi connectivity index (χ3n) is 3.76. The van der Waals surface area contributed by atoms with Crippen molar-refractivity contribution in [2.75, 3.05) is 27.8 Å². The fourth-order valence-electron chi connectivity index (χ4n) is 2.11. The Morgan fingerprint density at radius 2 is 1.52 bits per heavy atom. The van der Waals surface area contributed by atoms with Gasteiger partial charge in [0, 0.05) is 19.7 Å². The van der Waals surface area contributed by atoms with Crippen LogP contribution in [0.15, 0.2) is 54.6 Å². The van der Waals surface area contributed by atoms with Crippen LogP contribution in [0, 0.1) is 0 Å². The normalized spacial score (nSPS) is 10.5. The Hall–Kier alpha value is -3.41. The van der Waals surface area contributed by atoms with Crippen LogP contribution in [0.5, 0.6) is 5.75 Å². The number of methoxy groups -OCH3 is 1. The van der Waals surface area contributed by atoms with E-state index >= 15 is 0 Å². The molecule has 1 amide bonds. The summed E-state index contributed by atoms with van der Waals surface area (Å²) in [7, 11) is 4.64. The molecule has 27 heavy (non-hydrogen) atoms. The summed E-state index contributed by atoms with van der Waals surface area (Å²) in [4.78, 5) is 36.6. The molecule has 6 nitrogen and oxygen atoms in total. The molecule has 0 spiro atoms. The Morgan fingerprint density at radius 1 is 0.926 bits per heavy atom. The number of nitrogens with zero attached hydrogens (tertiary/aromatic N) is 1. The molecule has 0 aliphatic carbocycles. The van der Waals surface area contributed by atoms with Crippen molar-refractivity contribution in [1.29, 1.82) is 0 Å². The molecule has 0 aromatic heterocycles. The lowest BCUT2D eigenvalue weighted by Crippen LogP contribution is -2.27. The van der Waals surface area contributed by atoms with E-state index in [-0.39, 0.29) is 18.3 Å². The van der Waals surface area contributed by atoms with Crippen molar-refractivity contribution >= 4 is 23.7 Å². The van der Waals surface area contributed by atoms with Crippen molar-refractivity contribution in [2.45, 2.75) is 0 Å². The minimum absolute atomic E-state index is 0.0538. The van der Waals surface area contributed by atoms with Crippen molar-refractivity contribution in [1.82, 2.24) is 4.90 Å². The molecule has 0 bridgehead atoms. The van der Waals surface area contributed by atoms with E-state index in [4.69, 9.17) is 4.74 Å². The van der Waals surface area contributed by atoms with E-state index in [9.17, 15) is 14.4 Å². The van der Waals surface area contributed by atoms with Crippen LogP contribution in [-0.2, 0) is 9.53 Å². The molecular weight excluding hydrogens is 346 g/mol. The van der Waals surface area contributed by atoms with Gasteiger partial charge in [-0.15, -0.1) is 0 Å². The van der Waals surface area contributed by atoms with Crippen LogP contribution in [0.25, 0.3) is 6.08 Å². The van der Waals surface area contributed by atoms with Gasteiger partial charge < -0.3 is 14.4 Å². The molecule has 0 heterocycles. The molecule has 0 N–H and O–H groups in total. The van der Waals surface area contributed by atoms with Gasteiger partial charge in [-0.25, -0.2) is 4.79 Å². The predicted molar refractivity (Wildman–Crippen MR) is 102 cm³/mol. The van der Waals surface area contributed by atoms with Gasteiger partial charge in [-0.2, -0.15) is 0 Å². The molecule has 0 atom stereocenters. The summed E-state index contributed by atoms with van der Waals surface area (Å²) >= 11 is 0. The van der Waals surface area contributed by atoms with Gasteiger partial charge in [0.25, 0.3) is 5.91 Å². The van der Waals surface area contributed by atoms with E-state index in [1.165, 1.54) is 18.1 Å². The summed E-state index contributed by atoms with van der Waals surface area (Å²) in [5.41, 5.74) is 1.74. The second kappa shape index (κ2) is 9.33. The maximum atomic E-state index is 12.2. The number of carbonyl (C=O) groups is 3. The van der Waals surface area contributed by atoms with Crippen LogP contribution in [0.1, 0.15) is 26.3 Å². The number of carbonyl (C=O) groups excluding carboxylic acids is 3. The number of ether oxygens (including phenoxy) is 2. The molecule has 0 fully saturated rings. The number of rotatable bonds is 7. The van der Waals surface area contributed by atoms with Crippen molar-refractivity contribution in [3.05, 3.63) is 71.3 Å². The van der Waals surface area contributed by atoms with E-state index in [1.807, 2.05) is 0 Å².